The molecule has 1 aromatic heterocycles. The highest BCUT2D eigenvalue weighted by Gasteiger charge is 2.26. The Balaban J connectivity index is 1.84. The molecule has 2 aliphatic heterocycles. The summed E-state index contributed by atoms with van der Waals surface area (Å²) >= 11 is 0. The molecule has 21 heavy (non-hydrogen) atoms. The van der Waals surface area contributed by atoms with Gasteiger partial charge in [0.2, 0.25) is 17.8 Å². The third-order valence-corrected chi connectivity index (χ3v) is 4.16. The maximum atomic E-state index is 9.30. The van der Waals surface area contributed by atoms with Gasteiger partial charge in [0, 0.05) is 45.2 Å². The number of rotatable bonds is 5. The zero-order chi connectivity index (χ0) is 14.7. The van der Waals surface area contributed by atoms with Gasteiger partial charge in [0.05, 0.1) is 0 Å². The second-order valence-corrected chi connectivity index (χ2v) is 5.77. The smallest absolute Gasteiger partial charge is 0.231 e. The van der Waals surface area contributed by atoms with Crippen molar-refractivity contribution in [2.24, 2.45) is 5.92 Å². The van der Waals surface area contributed by atoms with Crippen LogP contribution in [0.25, 0.3) is 0 Å². The van der Waals surface area contributed by atoms with Crippen LogP contribution in [0, 0.1) is 5.92 Å². The monoisotopic (exact) mass is 292 g/mol. The molecule has 1 unspecified atom stereocenters. The molecule has 3 rings (SSSR count). The zero-order valence-electron chi connectivity index (χ0n) is 12.6. The molecule has 0 bridgehead atoms. The van der Waals surface area contributed by atoms with Crippen molar-refractivity contribution in [2.45, 2.75) is 26.2 Å². The van der Waals surface area contributed by atoms with E-state index in [9.17, 15) is 5.11 Å². The van der Waals surface area contributed by atoms with E-state index in [1.165, 1.54) is 12.8 Å². The quantitative estimate of drug-likeness (QED) is 0.828. The lowest BCUT2D eigenvalue weighted by Crippen LogP contribution is -2.27. The predicted octanol–water partition coefficient (Wildman–Crippen LogP) is 0.722. The standard InChI is InChI=1S/C14H24N6O/c1-2-15-12-16-13(19-6-3-4-7-19)18-14(17-12)20-8-5-11(9-20)10-21/h11,21H,2-10H2,1H3,(H,15,16,17,18). The number of hydrogen-bond acceptors (Lipinski definition) is 7. The van der Waals surface area contributed by atoms with E-state index in [1.807, 2.05) is 6.92 Å². The first-order chi connectivity index (χ1) is 10.3. The fourth-order valence-electron chi connectivity index (χ4n) is 2.95. The Bertz CT molecular complexity index is 477. The number of anilines is 3. The number of nitrogens with one attached hydrogen (secondary N) is 1. The van der Waals surface area contributed by atoms with E-state index in [0.717, 1.165) is 51.0 Å². The summed E-state index contributed by atoms with van der Waals surface area (Å²) in [5, 5.41) is 12.5. The fraction of sp³-hybridized carbons (Fsp3) is 0.786. The highest BCUT2D eigenvalue weighted by atomic mass is 16.3. The minimum Gasteiger partial charge on any atom is -0.396 e. The van der Waals surface area contributed by atoms with Gasteiger partial charge in [0.15, 0.2) is 0 Å². The van der Waals surface area contributed by atoms with Crippen molar-refractivity contribution >= 4 is 17.8 Å². The van der Waals surface area contributed by atoms with Gasteiger partial charge in [-0.15, -0.1) is 0 Å². The summed E-state index contributed by atoms with van der Waals surface area (Å²) in [5.41, 5.74) is 0. The van der Waals surface area contributed by atoms with Crippen molar-refractivity contribution in [1.82, 2.24) is 15.0 Å². The van der Waals surface area contributed by atoms with Gasteiger partial charge in [-0.25, -0.2) is 0 Å². The average Bonchev–Trinajstić information content (AvgIpc) is 3.19. The molecule has 2 fully saturated rings. The zero-order valence-corrected chi connectivity index (χ0v) is 12.6. The van der Waals surface area contributed by atoms with Crippen LogP contribution in [0.1, 0.15) is 26.2 Å². The third-order valence-electron chi connectivity index (χ3n) is 4.16. The molecule has 2 N–H and O–H groups in total. The molecular weight excluding hydrogens is 268 g/mol. The predicted molar refractivity (Wildman–Crippen MR) is 82.8 cm³/mol. The third kappa shape index (κ3) is 3.18. The second kappa shape index (κ2) is 6.43. The molecule has 3 heterocycles. The molecule has 0 amide bonds. The van der Waals surface area contributed by atoms with Crippen LogP contribution in [0.5, 0.6) is 0 Å². The first kappa shape index (κ1) is 14.3. The van der Waals surface area contributed by atoms with E-state index >= 15 is 0 Å². The van der Waals surface area contributed by atoms with Crippen LogP contribution in [0.3, 0.4) is 0 Å². The number of aliphatic hydroxyl groups excluding tert-OH is 1. The molecule has 2 aliphatic rings. The van der Waals surface area contributed by atoms with Gasteiger partial charge in [0.1, 0.15) is 0 Å². The van der Waals surface area contributed by atoms with Crippen LogP contribution in [0.4, 0.5) is 17.8 Å². The molecule has 1 aromatic rings. The molecular formula is C14H24N6O. The van der Waals surface area contributed by atoms with Gasteiger partial charge in [-0.2, -0.15) is 15.0 Å². The molecule has 1 atom stereocenters. The summed E-state index contributed by atoms with van der Waals surface area (Å²) in [6.07, 6.45) is 3.40. The van der Waals surface area contributed by atoms with Crippen LogP contribution in [-0.2, 0) is 0 Å². The molecule has 0 radical (unpaired) electrons. The van der Waals surface area contributed by atoms with Crippen LogP contribution in [0.15, 0.2) is 0 Å². The Labute approximate surface area is 125 Å². The lowest BCUT2D eigenvalue weighted by atomic mass is 10.1. The largest absolute Gasteiger partial charge is 0.396 e. The Kier molecular flexibility index (Phi) is 4.38. The second-order valence-electron chi connectivity index (χ2n) is 5.77. The summed E-state index contributed by atoms with van der Waals surface area (Å²) in [6.45, 7) is 6.84. The van der Waals surface area contributed by atoms with E-state index < -0.39 is 0 Å². The van der Waals surface area contributed by atoms with Crippen molar-refractivity contribution in [3.8, 4) is 0 Å². The van der Waals surface area contributed by atoms with E-state index in [1.54, 1.807) is 0 Å². The van der Waals surface area contributed by atoms with Gasteiger partial charge in [0.25, 0.3) is 0 Å². The highest BCUT2D eigenvalue weighted by Crippen LogP contribution is 2.24. The van der Waals surface area contributed by atoms with Crippen LogP contribution in [-0.4, -0.2) is 59.4 Å². The lowest BCUT2D eigenvalue weighted by Gasteiger charge is -2.21. The fourth-order valence-corrected chi connectivity index (χ4v) is 2.95. The number of nitrogens with zero attached hydrogens (tertiary/aromatic N) is 5. The van der Waals surface area contributed by atoms with Gasteiger partial charge >= 0.3 is 0 Å². The molecule has 2 saturated heterocycles. The van der Waals surface area contributed by atoms with E-state index in [2.05, 4.69) is 30.1 Å². The van der Waals surface area contributed by atoms with Gasteiger partial charge in [-0.3, -0.25) is 0 Å². The average molecular weight is 292 g/mol. The van der Waals surface area contributed by atoms with Crippen molar-refractivity contribution in [3.05, 3.63) is 0 Å². The molecule has 0 spiro atoms. The summed E-state index contributed by atoms with van der Waals surface area (Å²) in [6, 6.07) is 0. The Morgan fingerprint density at radius 1 is 1.10 bits per heavy atom. The van der Waals surface area contributed by atoms with Crippen LogP contribution in [0.2, 0.25) is 0 Å². The summed E-state index contributed by atoms with van der Waals surface area (Å²) in [5.74, 6) is 2.50. The van der Waals surface area contributed by atoms with E-state index in [-0.39, 0.29) is 6.61 Å². The maximum absolute atomic E-state index is 9.30. The van der Waals surface area contributed by atoms with Gasteiger partial charge in [-0.1, -0.05) is 0 Å². The molecule has 116 valence electrons. The highest BCUT2D eigenvalue weighted by molar-refractivity contribution is 5.46. The number of aromatic nitrogens is 3. The van der Waals surface area contributed by atoms with E-state index in [4.69, 9.17) is 0 Å². The summed E-state index contributed by atoms with van der Waals surface area (Å²) in [4.78, 5) is 18.1. The Morgan fingerprint density at radius 3 is 2.43 bits per heavy atom. The van der Waals surface area contributed by atoms with Crippen LogP contribution < -0.4 is 15.1 Å². The molecule has 0 saturated carbocycles. The van der Waals surface area contributed by atoms with Crippen molar-refractivity contribution in [1.29, 1.82) is 0 Å². The first-order valence-electron chi connectivity index (χ1n) is 7.91. The lowest BCUT2D eigenvalue weighted by molar-refractivity contribution is 0.238. The molecule has 0 aromatic carbocycles. The number of aliphatic hydroxyl groups is 1. The summed E-state index contributed by atoms with van der Waals surface area (Å²) < 4.78 is 0. The first-order valence-corrected chi connectivity index (χ1v) is 7.91. The summed E-state index contributed by atoms with van der Waals surface area (Å²) in [7, 11) is 0. The SMILES string of the molecule is CCNc1nc(N2CCCC2)nc(N2CCC(CO)C2)n1. The van der Waals surface area contributed by atoms with Gasteiger partial charge in [-0.05, 0) is 26.2 Å². The van der Waals surface area contributed by atoms with E-state index in [0.29, 0.717) is 11.9 Å². The Hall–Kier alpha value is -1.63. The minimum atomic E-state index is 0.237. The maximum Gasteiger partial charge on any atom is 0.231 e. The minimum absolute atomic E-state index is 0.237. The number of hydrogen-bond donors (Lipinski definition) is 2. The molecule has 7 nitrogen and oxygen atoms in total. The Morgan fingerprint density at radius 2 is 1.81 bits per heavy atom. The van der Waals surface area contributed by atoms with Crippen molar-refractivity contribution in [3.63, 3.8) is 0 Å². The van der Waals surface area contributed by atoms with Crippen molar-refractivity contribution in [2.75, 3.05) is 54.4 Å². The van der Waals surface area contributed by atoms with Crippen LogP contribution >= 0.6 is 0 Å². The molecule has 7 heteroatoms. The van der Waals surface area contributed by atoms with Gasteiger partial charge < -0.3 is 20.2 Å². The van der Waals surface area contributed by atoms with Crippen molar-refractivity contribution < 1.29 is 5.11 Å². The topological polar surface area (TPSA) is 77.4 Å². The normalized spacial score (nSPS) is 22.1. The molecule has 0 aliphatic carbocycles.